The molecule has 0 saturated carbocycles. The molecule has 0 saturated heterocycles. The Morgan fingerprint density at radius 3 is 1.40 bits per heavy atom. The lowest BCUT2D eigenvalue weighted by Crippen LogP contribution is -2.37. The smallest absolute Gasteiger partial charge is 0.197 e. The molecule has 0 aliphatic rings. The highest BCUT2D eigenvalue weighted by molar-refractivity contribution is 5.95. The van der Waals surface area contributed by atoms with Crippen molar-refractivity contribution in [2.45, 2.75) is 79.6 Å². The Morgan fingerprint density at radius 2 is 1.07 bits per heavy atom. The zero-order valence-corrected chi connectivity index (χ0v) is 19.4. The van der Waals surface area contributed by atoms with Crippen molar-refractivity contribution in [1.82, 2.24) is 20.6 Å². The van der Waals surface area contributed by atoms with Gasteiger partial charge in [0.1, 0.15) is 11.6 Å². The second-order valence-electron chi connectivity index (χ2n) is 8.43. The number of aromatic nitrogens is 2. The van der Waals surface area contributed by atoms with Crippen molar-refractivity contribution in [3.63, 3.8) is 0 Å². The summed E-state index contributed by atoms with van der Waals surface area (Å²) in [5.74, 6) is 2.79. The maximum absolute atomic E-state index is 4.68. The summed E-state index contributed by atoms with van der Waals surface area (Å²) in [6.07, 6.45) is 0. The first-order valence-electron chi connectivity index (χ1n) is 10.6. The summed E-state index contributed by atoms with van der Waals surface area (Å²) in [4.78, 5) is 18.6. The Hall–Kier alpha value is -2.90. The van der Waals surface area contributed by atoms with E-state index in [4.69, 9.17) is 0 Å². The second kappa shape index (κ2) is 10.8. The fraction of sp³-hybridized carbons (Fsp3) is 0.545. The van der Waals surface area contributed by atoms with E-state index in [1.54, 1.807) is 0 Å². The zero-order chi connectivity index (χ0) is 22.3. The number of nitrogens with one attached hydrogen (secondary N) is 4. The zero-order valence-electron chi connectivity index (χ0n) is 19.4. The fourth-order valence-electron chi connectivity index (χ4n) is 2.66. The number of aliphatic imine (C=N–C) groups is 2. The van der Waals surface area contributed by atoms with Crippen LogP contribution in [0.15, 0.2) is 34.3 Å². The minimum atomic E-state index is 0.167. The van der Waals surface area contributed by atoms with Crippen molar-refractivity contribution in [3.05, 3.63) is 24.3 Å². The molecule has 0 unspecified atom stereocenters. The van der Waals surface area contributed by atoms with Crippen molar-refractivity contribution >= 4 is 34.6 Å². The summed E-state index contributed by atoms with van der Waals surface area (Å²) in [6, 6.07) is 8.72. The van der Waals surface area contributed by atoms with E-state index in [2.05, 4.69) is 68.9 Å². The molecule has 0 aliphatic heterocycles. The van der Waals surface area contributed by atoms with Gasteiger partial charge in [-0.3, -0.25) is 9.98 Å². The molecule has 0 spiro atoms. The molecule has 0 fully saturated rings. The Balaban J connectivity index is 2.28. The highest BCUT2D eigenvalue weighted by Gasteiger charge is 2.08. The summed E-state index contributed by atoms with van der Waals surface area (Å²) < 4.78 is 0. The maximum atomic E-state index is 4.68. The molecule has 2 heterocycles. The highest BCUT2D eigenvalue weighted by atomic mass is 15.2. The summed E-state index contributed by atoms with van der Waals surface area (Å²) in [5.41, 5.74) is 0.645. The molecule has 8 nitrogen and oxygen atoms in total. The molecular weight excluding hydrogens is 376 g/mol. The lowest BCUT2D eigenvalue weighted by molar-refractivity contribution is 0.717. The largest absolute Gasteiger partial charge is 0.354 e. The van der Waals surface area contributed by atoms with Crippen LogP contribution in [0.25, 0.3) is 11.0 Å². The summed E-state index contributed by atoms with van der Waals surface area (Å²) in [7, 11) is 0. The van der Waals surface area contributed by atoms with Gasteiger partial charge in [-0.2, -0.15) is 0 Å². The van der Waals surface area contributed by atoms with E-state index in [9.17, 15) is 0 Å². The lowest BCUT2D eigenvalue weighted by atomic mass is 10.3. The summed E-state index contributed by atoms with van der Waals surface area (Å²) in [6.45, 7) is 16.5. The quantitative estimate of drug-likeness (QED) is 0.423. The maximum Gasteiger partial charge on any atom is 0.197 e. The van der Waals surface area contributed by atoms with E-state index in [1.165, 1.54) is 0 Å². The second-order valence-corrected chi connectivity index (χ2v) is 8.43. The van der Waals surface area contributed by atoms with Gasteiger partial charge in [0.15, 0.2) is 17.6 Å². The van der Waals surface area contributed by atoms with Crippen LogP contribution in [0.5, 0.6) is 0 Å². The fourth-order valence-corrected chi connectivity index (χ4v) is 2.66. The van der Waals surface area contributed by atoms with E-state index in [0.29, 0.717) is 29.2 Å². The number of fused-ring (bicyclic) bond motifs is 1. The van der Waals surface area contributed by atoms with E-state index in [-0.39, 0.29) is 24.2 Å². The number of pyridine rings is 2. The van der Waals surface area contributed by atoms with Crippen LogP contribution in [0.4, 0.5) is 11.6 Å². The molecule has 0 amide bonds. The first-order valence-corrected chi connectivity index (χ1v) is 10.6. The average Bonchev–Trinajstić information content (AvgIpc) is 2.59. The molecule has 2 rings (SSSR count). The van der Waals surface area contributed by atoms with Crippen molar-refractivity contribution < 1.29 is 0 Å². The van der Waals surface area contributed by atoms with Gasteiger partial charge < -0.3 is 21.3 Å². The van der Waals surface area contributed by atoms with Crippen LogP contribution < -0.4 is 21.3 Å². The minimum Gasteiger partial charge on any atom is -0.354 e. The number of anilines is 2. The molecule has 2 aromatic rings. The van der Waals surface area contributed by atoms with Gasteiger partial charge in [-0.25, -0.2) is 9.97 Å². The normalized spacial score (nSPS) is 12.9. The van der Waals surface area contributed by atoms with E-state index >= 15 is 0 Å². The van der Waals surface area contributed by atoms with Crippen LogP contribution in [-0.2, 0) is 0 Å². The number of hydrogen-bond donors (Lipinski definition) is 4. The third kappa shape index (κ3) is 7.85. The predicted octanol–water partition coefficient (Wildman–Crippen LogP) is 3.98. The number of rotatable bonds is 6. The molecule has 8 heteroatoms. The lowest BCUT2D eigenvalue weighted by Gasteiger charge is -2.17. The third-order valence-electron chi connectivity index (χ3n) is 3.67. The van der Waals surface area contributed by atoms with E-state index in [1.807, 2.05) is 52.0 Å². The van der Waals surface area contributed by atoms with Gasteiger partial charge >= 0.3 is 0 Å². The summed E-state index contributed by atoms with van der Waals surface area (Å²) >= 11 is 0. The number of nitrogens with zero attached hydrogens (tertiary/aromatic N) is 4. The molecule has 0 atom stereocenters. The molecule has 164 valence electrons. The van der Waals surface area contributed by atoms with Gasteiger partial charge in [0, 0.05) is 29.6 Å². The van der Waals surface area contributed by atoms with Crippen molar-refractivity contribution in [3.8, 4) is 0 Å². The van der Waals surface area contributed by atoms with Crippen molar-refractivity contribution in [1.29, 1.82) is 0 Å². The van der Waals surface area contributed by atoms with Gasteiger partial charge in [0.2, 0.25) is 0 Å². The van der Waals surface area contributed by atoms with Crippen LogP contribution in [0.2, 0.25) is 0 Å². The minimum absolute atomic E-state index is 0.167. The Bertz CT molecular complexity index is 815. The van der Waals surface area contributed by atoms with Gasteiger partial charge in [0.25, 0.3) is 0 Å². The van der Waals surface area contributed by atoms with Gasteiger partial charge in [-0.05, 0) is 79.7 Å². The Labute approximate surface area is 180 Å². The first kappa shape index (κ1) is 23.4. The standard InChI is InChI=1S/C22H36N8/c1-13(2)23-21(24-14(3)4)29-18-11-9-17-10-12-19(28-20(17)27-18)30-22(25-15(5)6)26-16(7)8/h9-16H,1-8H3,(H4,23,24,25,26,27,28,29,30). The van der Waals surface area contributed by atoms with E-state index < -0.39 is 0 Å². The first-order chi connectivity index (χ1) is 14.1. The highest BCUT2D eigenvalue weighted by Crippen LogP contribution is 2.16. The molecule has 2 aromatic heterocycles. The molecule has 4 N–H and O–H groups in total. The van der Waals surface area contributed by atoms with E-state index in [0.717, 1.165) is 5.39 Å². The molecular formula is C22H36N8. The molecule has 30 heavy (non-hydrogen) atoms. The Kier molecular flexibility index (Phi) is 8.38. The summed E-state index contributed by atoms with van der Waals surface area (Å²) in [5, 5.41) is 14.2. The van der Waals surface area contributed by atoms with Crippen LogP contribution in [0.1, 0.15) is 55.4 Å². The molecule has 0 aromatic carbocycles. The predicted molar refractivity (Wildman–Crippen MR) is 128 cm³/mol. The van der Waals surface area contributed by atoms with Crippen molar-refractivity contribution in [2.75, 3.05) is 10.6 Å². The Morgan fingerprint density at radius 1 is 0.667 bits per heavy atom. The van der Waals surface area contributed by atoms with Crippen LogP contribution >= 0.6 is 0 Å². The topological polar surface area (TPSA) is 98.6 Å². The van der Waals surface area contributed by atoms with Crippen LogP contribution in [0, 0.1) is 0 Å². The third-order valence-corrected chi connectivity index (χ3v) is 3.67. The van der Waals surface area contributed by atoms with Gasteiger partial charge in [-0.15, -0.1) is 0 Å². The van der Waals surface area contributed by atoms with Gasteiger partial charge in [-0.1, -0.05) is 0 Å². The molecule has 0 bridgehead atoms. The molecule has 0 aliphatic carbocycles. The average molecular weight is 413 g/mol. The number of hydrogen-bond acceptors (Lipinski definition) is 4. The van der Waals surface area contributed by atoms with Gasteiger partial charge in [0.05, 0.1) is 0 Å². The number of guanidine groups is 2. The monoisotopic (exact) mass is 412 g/mol. The SMILES string of the molecule is CC(C)N=C(Nc1ccc2ccc(NC(=NC(C)C)NC(C)C)nc2n1)NC(C)C. The molecule has 0 radical (unpaired) electrons. The van der Waals surface area contributed by atoms with Crippen LogP contribution in [0.3, 0.4) is 0 Å². The van der Waals surface area contributed by atoms with Crippen LogP contribution in [-0.4, -0.2) is 46.1 Å². The van der Waals surface area contributed by atoms with Crippen molar-refractivity contribution in [2.24, 2.45) is 9.98 Å².